The van der Waals surface area contributed by atoms with Crippen molar-refractivity contribution >= 4 is 21.6 Å². The standard InChI is InChI=1S/C16H23N3O3S/c1-11-9-18(3)10-15(11)17-23(21,22)14-5-4-13-6-7-19(12(2)20)16(13)8-14/h4-5,8,11,15,17H,6-7,9-10H2,1-3H3/t11-,15+/m0/s1. The number of nitrogens with one attached hydrogen (secondary N) is 1. The highest BCUT2D eigenvalue weighted by Gasteiger charge is 2.32. The number of amides is 1. The van der Waals surface area contributed by atoms with Gasteiger partial charge in [0, 0.05) is 38.3 Å². The SMILES string of the molecule is CC(=O)N1CCc2ccc(S(=O)(=O)N[C@@H]3CN(C)C[C@@H]3C)cc21. The van der Waals surface area contributed by atoms with E-state index < -0.39 is 10.0 Å². The number of likely N-dealkylation sites (tertiary alicyclic amines) is 1. The van der Waals surface area contributed by atoms with Crippen molar-refractivity contribution in [1.82, 2.24) is 9.62 Å². The largest absolute Gasteiger partial charge is 0.312 e. The number of carbonyl (C=O) groups is 1. The Hall–Kier alpha value is -1.44. The number of anilines is 1. The van der Waals surface area contributed by atoms with Gasteiger partial charge in [-0.05, 0) is 37.1 Å². The van der Waals surface area contributed by atoms with Gasteiger partial charge < -0.3 is 9.80 Å². The van der Waals surface area contributed by atoms with Crippen molar-refractivity contribution in [3.63, 3.8) is 0 Å². The molecule has 1 N–H and O–H groups in total. The molecule has 1 amide bonds. The quantitative estimate of drug-likeness (QED) is 0.887. The molecule has 1 fully saturated rings. The third-order valence-corrected chi connectivity index (χ3v) is 6.23. The van der Waals surface area contributed by atoms with Gasteiger partial charge >= 0.3 is 0 Å². The van der Waals surface area contributed by atoms with Crippen LogP contribution in [0.4, 0.5) is 5.69 Å². The van der Waals surface area contributed by atoms with Crippen LogP contribution in [-0.2, 0) is 21.2 Å². The molecule has 1 aromatic rings. The maximum Gasteiger partial charge on any atom is 0.240 e. The van der Waals surface area contributed by atoms with Gasteiger partial charge in [-0.2, -0.15) is 0 Å². The zero-order valence-corrected chi connectivity index (χ0v) is 14.6. The molecule has 23 heavy (non-hydrogen) atoms. The van der Waals surface area contributed by atoms with E-state index in [-0.39, 0.29) is 22.8 Å². The van der Waals surface area contributed by atoms with Gasteiger partial charge in [-0.15, -0.1) is 0 Å². The lowest BCUT2D eigenvalue weighted by Crippen LogP contribution is -2.39. The number of fused-ring (bicyclic) bond motifs is 1. The fourth-order valence-corrected chi connectivity index (χ4v) is 4.84. The first-order chi connectivity index (χ1) is 10.8. The van der Waals surface area contributed by atoms with Gasteiger partial charge in [0.15, 0.2) is 0 Å². The molecule has 0 aromatic heterocycles. The van der Waals surface area contributed by atoms with E-state index in [9.17, 15) is 13.2 Å². The lowest BCUT2D eigenvalue weighted by molar-refractivity contribution is -0.116. The summed E-state index contributed by atoms with van der Waals surface area (Å²) in [5.74, 6) is 0.218. The third-order valence-electron chi connectivity index (χ3n) is 4.74. The second-order valence-electron chi connectivity index (χ2n) is 6.64. The molecule has 1 saturated heterocycles. The molecular weight excluding hydrogens is 314 g/mol. The lowest BCUT2D eigenvalue weighted by Gasteiger charge is -2.18. The summed E-state index contributed by atoms with van der Waals surface area (Å²) in [5.41, 5.74) is 1.74. The van der Waals surface area contributed by atoms with Crippen LogP contribution in [0.25, 0.3) is 0 Å². The van der Waals surface area contributed by atoms with Crippen molar-refractivity contribution in [1.29, 1.82) is 0 Å². The van der Waals surface area contributed by atoms with Crippen LogP contribution in [0.3, 0.4) is 0 Å². The molecule has 0 radical (unpaired) electrons. The van der Waals surface area contributed by atoms with Crippen LogP contribution < -0.4 is 9.62 Å². The maximum atomic E-state index is 12.7. The minimum atomic E-state index is -3.59. The Morgan fingerprint density at radius 1 is 1.30 bits per heavy atom. The Balaban J connectivity index is 1.87. The van der Waals surface area contributed by atoms with Crippen molar-refractivity contribution in [3.05, 3.63) is 23.8 Å². The van der Waals surface area contributed by atoms with Crippen LogP contribution in [0.2, 0.25) is 0 Å². The second-order valence-corrected chi connectivity index (χ2v) is 8.35. The van der Waals surface area contributed by atoms with Crippen molar-refractivity contribution in [2.45, 2.75) is 31.2 Å². The van der Waals surface area contributed by atoms with Gasteiger partial charge in [-0.25, -0.2) is 13.1 Å². The molecular formula is C16H23N3O3S. The fraction of sp³-hybridized carbons (Fsp3) is 0.562. The van der Waals surface area contributed by atoms with Gasteiger partial charge in [0.05, 0.1) is 4.90 Å². The summed E-state index contributed by atoms with van der Waals surface area (Å²) in [4.78, 5) is 15.7. The van der Waals surface area contributed by atoms with Crippen molar-refractivity contribution in [2.24, 2.45) is 5.92 Å². The first-order valence-electron chi connectivity index (χ1n) is 7.90. The molecule has 0 aliphatic carbocycles. The molecule has 0 spiro atoms. The van der Waals surface area contributed by atoms with Gasteiger partial charge in [0.2, 0.25) is 15.9 Å². The highest BCUT2D eigenvalue weighted by atomic mass is 32.2. The van der Waals surface area contributed by atoms with E-state index in [1.807, 2.05) is 13.1 Å². The maximum absolute atomic E-state index is 12.7. The zero-order valence-electron chi connectivity index (χ0n) is 13.7. The molecule has 6 nitrogen and oxygen atoms in total. The highest BCUT2D eigenvalue weighted by Crippen LogP contribution is 2.31. The normalized spacial score (nSPS) is 24.9. The van der Waals surface area contributed by atoms with E-state index in [0.717, 1.165) is 24.2 Å². The monoisotopic (exact) mass is 337 g/mol. The first-order valence-corrected chi connectivity index (χ1v) is 9.38. The molecule has 0 saturated carbocycles. The van der Waals surface area contributed by atoms with Gasteiger partial charge in [0.25, 0.3) is 0 Å². The van der Waals surface area contributed by atoms with Crippen molar-refractivity contribution in [3.8, 4) is 0 Å². The summed E-state index contributed by atoms with van der Waals surface area (Å²) >= 11 is 0. The van der Waals surface area contributed by atoms with Crippen LogP contribution >= 0.6 is 0 Å². The second kappa shape index (κ2) is 5.89. The van der Waals surface area contributed by atoms with E-state index >= 15 is 0 Å². The number of carbonyl (C=O) groups excluding carboxylic acids is 1. The van der Waals surface area contributed by atoms with E-state index in [1.165, 1.54) is 6.92 Å². The summed E-state index contributed by atoms with van der Waals surface area (Å²) in [5, 5.41) is 0. The predicted molar refractivity (Wildman–Crippen MR) is 88.9 cm³/mol. The zero-order chi connectivity index (χ0) is 16.8. The van der Waals surface area contributed by atoms with Crippen LogP contribution in [-0.4, -0.2) is 51.9 Å². The molecule has 126 valence electrons. The Bertz CT molecular complexity index is 732. The third kappa shape index (κ3) is 3.13. The average molecular weight is 337 g/mol. The smallest absolute Gasteiger partial charge is 0.240 e. The summed E-state index contributed by atoms with van der Waals surface area (Å²) in [6.45, 7) is 5.77. The Morgan fingerprint density at radius 3 is 2.65 bits per heavy atom. The predicted octanol–water partition coefficient (Wildman–Crippen LogP) is 0.824. The highest BCUT2D eigenvalue weighted by molar-refractivity contribution is 7.89. The number of benzene rings is 1. The van der Waals surface area contributed by atoms with Gasteiger partial charge in [-0.3, -0.25) is 4.79 Å². The minimum Gasteiger partial charge on any atom is -0.312 e. The average Bonchev–Trinajstić information content (AvgIpc) is 3.01. The van der Waals surface area contributed by atoms with E-state index in [1.54, 1.807) is 17.0 Å². The van der Waals surface area contributed by atoms with Gasteiger partial charge in [-0.1, -0.05) is 13.0 Å². The van der Waals surface area contributed by atoms with E-state index in [4.69, 9.17) is 0 Å². The molecule has 1 aromatic carbocycles. The molecule has 2 aliphatic heterocycles. The van der Waals surface area contributed by atoms with Crippen LogP contribution in [0, 0.1) is 5.92 Å². The number of rotatable bonds is 3. The van der Waals surface area contributed by atoms with E-state index in [2.05, 4.69) is 16.5 Å². The van der Waals surface area contributed by atoms with Gasteiger partial charge in [0.1, 0.15) is 0 Å². The summed E-state index contributed by atoms with van der Waals surface area (Å²) in [7, 11) is -1.59. The number of hydrogen-bond donors (Lipinski definition) is 1. The summed E-state index contributed by atoms with van der Waals surface area (Å²) in [6, 6.07) is 4.99. The van der Waals surface area contributed by atoms with Crippen molar-refractivity contribution < 1.29 is 13.2 Å². The van der Waals surface area contributed by atoms with Crippen LogP contribution in [0.5, 0.6) is 0 Å². The number of hydrogen-bond acceptors (Lipinski definition) is 4. The minimum absolute atomic E-state index is 0.0581. The Morgan fingerprint density at radius 2 is 2.04 bits per heavy atom. The lowest BCUT2D eigenvalue weighted by atomic mass is 10.1. The molecule has 3 rings (SSSR count). The van der Waals surface area contributed by atoms with E-state index in [0.29, 0.717) is 13.1 Å². The Kier molecular flexibility index (Phi) is 4.20. The summed E-state index contributed by atoms with van der Waals surface area (Å²) in [6.07, 6.45) is 0.771. The van der Waals surface area contributed by atoms with Crippen molar-refractivity contribution in [2.75, 3.05) is 31.6 Å². The topological polar surface area (TPSA) is 69.7 Å². The fourth-order valence-electron chi connectivity index (χ4n) is 3.48. The molecule has 0 bridgehead atoms. The molecule has 7 heteroatoms. The Labute approximate surface area is 137 Å². The molecule has 2 atom stereocenters. The summed E-state index contributed by atoms with van der Waals surface area (Å²) < 4.78 is 28.2. The number of likely N-dealkylation sites (N-methyl/N-ethyl adjacent to an activating group) is 1. The molecule has 0 unspecified atom stereocenters. The van der Waals surface area contributed by atoms with Crippen LogP contribution in [0.1, 0.15) is 19.4 Å². The molecule has 2 heterocycles. The van der Waals surface area contributed by atoms with Crippen LogP contribution in [0.15, 0.2) is 23.1 Å². The molecule has 2 aliphatic rings. The number of sulfonamides is 1. The first kappa shape index (κ1) is 16.4. The number of nitrogens with zero attached hydrogens (tertiary/aromatic N) is 2.